The minimum Gasteiger partial charge on any atom is -0.483 e. The number of carbonyl (C=O) groups excluding carboxylic acids is 1. The maximum atomic E-state index is 13.4. The fourth-order valence-corrected chi connectivity index (χ4v) is 6.25. The molecule has 2 N–H and O–H groups in total. The van der Waals surface area contributed by atoms with Crippen LogP contribution in [0, 0.1) is 12.3 Å². The smallest absolute Gasteiger partial charge is 0.290 e. The quantitative estimate of drug-likeness (QED) is 0.577. The van der Waals surface area contributed by atoms with Crippen LogP contribution >= 0.6 is 0 Å². The van der Waals surface area contributed by atoms with E-state index in [4.69, 9.17) is 29.5 Å². The molecule has 3 saturated heterocycles. The molecule has 2 aromatic rings. The molecule has 1 unspecified atom stereocenters. The van der Waals surface area contributed by atoms with Crippen LogP contribution in [-0.4, -0.2) is 103 Å². The molecule has 3 fully saturated rings. The summed E-state index contributed by atoms with van der Waals surface area (Å²) in [7, 11) is 0. The number of nitrogens with zero attached hydrogens (tertiary/aromatic N) is 4. The van der Waals surface area contributed by atoms with Gasteiger partial charge in [0, 0.05) is 51.2 Å². The van der Waals surface area contributed by atoms with Crippen LogP contribution in [0.15, 0.2) is 18.2 Å². The van der Waals surface area contributed by atoms with Crippen molar-refractivity contribution in [3.05, 3.63) is 34.9 Å². The van der Waals surface area contributed by atoms with Gasteiger partial charge in [0.05, 0.1) is 24.1 Å². The van der Waals surface area contributed by atoms with E-state index < -0.39 is 0 Å². The first-order chi connectivity index (χ1) is 18.4. The number of pyridine rings is 1. The molecule has 6 rings (SSSR count). The van der Waals surface area contributed by atoms with Gasteiger partial charge in [0.1, 0.15) is 5.82 Å². The molecular weight excluding hydrogens is 488 g/mol. The van der Waals surface area contributed by atoms with Gasteiger partial charge in [0.2, 0.25) is 5.91 Å². The number of likely N-dealkylation sites (tertiary alicyclic amines) is 1. The molecule has 1 spiro atoms. The van der Waals surface area contributed by atoms with Gasteiger partial charge in [-0.25, -0.2) is 4.98 Å². The lowest BCUT2D eigenvalue weighted by atomic mass is 9.85. The van der Waals surface area contributed by atoms with Gasteiger partial charge >= 0.3 is 0 Å². The number of anilines is 1. The molecule has 1 aromatic heterocycles. The Balaban J connectivity index is 0.000000515. The van der Waals surface area contributed by atoms with Crippen molar-refractivity contribution in [2.24, 2.45) is 5.41 Å². The fourth-order valence-electron chi connectivity index (χ4n) is 6.25. The first-order valence-electron chi connectivity index (χ1n) is 13.4. The Morgan fingerprint density at radius 3 is 2.34 bits per heavy atom. The molecule has 1 aliphatic carbocycles. The molecular formula is C28H38N4O6. The molecule has 3 aliphatic heterocycles. The number of morpholine rings is 1. The van der Waals surface area contributed by atoms with E-state index >= 15 is 0 Å². The van der Waals surface area contributed by atoms with Crippen molar-refractivity contribution in [2.75, 3.05) is 63.9 Å². The molecule has 4 aliphatic rings. The minimum atomic E-state index is -0.250. The van der Waals surface area contributed by atoms with Gasteiger partial charge in [-0.15, -0.1) is 0 Å². The lowest BCUT2D eigenvalue weighted by Gasteiger charge is -2.29. The largest absolute Gasteiger partial charge is 0.483 e. The molecule has 0 bridgehead atoms. The average molecular weight is 527 g/mol. The van der Waals surface area contributed by atoms with Crippen molar-refractivity contribution in [3.63, 3.8) is 0 Å². The van der Waals surface area contributed by atoms with E-state index in [1.807, 2.05) is 0 Å². The zero-order chi connectivity index (χ0) is 27.1. The number of aromatic nitrogens is 1. The molecule has 1 atom stereocenters. The number of carboxylic acid groups (broad SMARTS) is 2. The van der Waals surface area contributed by atoms with Crippen LogP contribution < -0.4 is 4.90 Å². The predicted octanol–water partition coefficient (Wildman–Crippen LogP) is 2.19. The van der Waals surface area contributed by atoms with Crippen molar-refractivity contribution >= 4 is 35.6 Å². The van der Waals surface area contributed by atoms with Crippen molar-refractivity contribution in [1.29, 1.82) is 0 Å². The Hall–Kier alpha value is -3.24. The van der Waals surface area contributed by atoms with E-state index in [1.165, 1.54) is 41.3 Å². The van der Waals surface area contributed by atoms with E-state index in [2.05, 4.69) is 39.8 Å². The summed E-state index contributed by atoms with van der Waals surface area (Å²) in [5, 5.41) is 15.1. The summed E-state index contributed by atoms with van der Waals surface area (Å²) in [5.41, 5.74) is 5.18. The van der Waals surface area contributed by atoms with Crippen LogP contribution in [0.2, 0.25) is 0 Å². The summed E-state index contributed by atoms with van der Waals surface area (Å²) in [6.07, 6.45) is 5.56. The molecule has 1 aromatic carbocycles. The number of amides is 1. The lowest BCUT2D eigenvalue weighted by Crippen LogP contribution is -2.43. The second-order valence-corrected chi connectivity index (χ2v) is 10.4. The maximum absolute atomic E-state index is 13.4. The number of ether oxygens (including phenoxy) is 1. The topological polar surface area (TPSA) is 124 Å². The summed E-state index contributed by atoms with van der Waals surface area (Å²) in [6.45, 7) is 9.73. The highest BCUT2D eigenvalue weighted by atomic mass is 16.5. The first-order valence-corrected chi connectivity index (χ1v) is 13.4. The summed E-state index contributed by atoms with van der Waals surface area (Å²) < 4.78 is 5.45. The number of benzene rings is 1. The first kappa shape index (κ1) is 27.8. The highest BCUT2D eigenvalue weighted by molar-refractivity contribution is 5.88. The number of hydrogen-bond donors (Lipinski definition) is 2. The van der Waals surface area contributed by atoms with Crippen molar-refractivity contribution < 1.29 is 29.3 Å². The second kappa shape index (κ2) is 12.5. The summed E-state index contributed by atoms with van der Waals surface area (Å²) >= 11 is 0. The van der Waals surface area contributed by atoms with Crippen molar-refractivity contribution in [1.82, 2.24) is 14.8 Å². The molecule has 1 amide bonds. The molecule has 0 radical (unpaired) electrons. The molecule has 38 heavy (non-hydrogen) atoms. The molecule has 0 saturated carbocycles. The predicted molar refractivity (Wildman–Crippen MR) is 144 cm³/mol. The van der Waals surface area contributed by atoms with Crippen LogP contribution in [-0.2, 0) is 32.0 Å². The Morgan fingerprint density at radius 1 is 0.974 bits per heavy atom. The maximum Gasteiger partial charge on any atom is 0.290 e. The van der Waals surface area contributed by atoms with Crippen LogP contribution in [0.1, 0.15) is 36.0 Å². The molecule has 206 valence electrons. The van der Waals surface area contributed by atoms with E-state index in [9.17, 15) is 4.79 Å². The number of aryl methyl sites for hydroxylation is 3. The lowest BCUT2D eigenvalue weighted by molar-refractivity contribution is -0.135. The number of fused-ring (bicyclic) bond motifs is 2. The van der Waals surface area contributed by atoms with Crippen LogP contribution in [0.4, 0.5) is 5.82 Å². The molecule has 10 heteroatoms. The van der Waals surface area contributed by atoms with Crippen LogP contribution in [0.5, 0.6) is 0 Å². The van der Waals surface area contributed by atoms with E-state index in [-0.39, 0.29) is 18.4 Å². The van der Waals surface area contributed by atoms with Gasteiger partial charge < -0.3 is 24.7 Å². The highest BCUT2D eigenvalue weighted by Gasteiger charge is 2.50. The van der Waals surface area contributed by atoms with Crippen molar-refractivity contribution in [3.8, 4) is 0 Å². The van der Waals surface area contributed by atoms with Crippen LogP contribution in [0.25, 0.3) is 10.9 Å². The van der Waals surface area contributed by atoms with Crippen molar-refractivity contribution in [2.45, 2.75) is 39.0 Å². The Labute approximate surface area is 223 Å². The summed E-state index contributed by atoms with van der Waals surface area (Å²) in [4.78, 5) is 42.1. The molecule has 10 nitrogen and oxygen atoms in total. The third-order valence-corrected chi connectivity index (χ3v) is 8.28. The van der Waals surface area contributed by atoms with E-state index in [1.54, 1.807) is 0 Å². The number of rotatable bonds is 4. The van der Waals surface area contributed by atoms with Gasteiger partial charge in [-0.2, -0.15) is 0 Å². The number of carbonyl (C=O) groups is 3. The fraction of sp³-hybridized carbons (Fsp3) is 0.571. The highest BCUT2D eigenvalue weighted by Crippen LogP contribution is 2.42. The number of hydrogen-bond acceptors (Lipinski definition) is 7. The van der Waals surface area contributed by atoms with Crippen LogP contribution in [0.3, 0.4) is 0 Å². The van der Waals surface area contributed by atoms with Gasteiger partial charge in [-0.05, 0) is 73.9 Å². The Bertz CT molecular complexity index is 1150. The SMILES string of the molecule is Cc1cc(N2CCC3(CCN(CCN4CCOCC4)C3=O)C2)nc2cc3c(cc12)CCC3.O=CO.O=CO. The second-order valence-electron chi connectivity index (χ2n) is 10.4. The average Bonchev–Trinajstić information content (AvgIpc) is 3.63. The summed E-state index contributed by atoms with van der Waals surface area (Å²) in [5.74, 6) is 1.41. The zero-order valence-electron chi connectivity index (χ0n) is 22.1. The van der Waals surface area contributed by atoms with Gasteiger partial charge in [-0.3, -0.25) is 19.3 Å². The monoisotopic (exact) mass is 526 g/mol. The minimum absolute atomic E-state index is 0.215. The third-order valence-electron chi connectivity index (χ3n) is 8.28. The normalized spacial score (nSPS) is 22.6. The summed E-state index contributed by atoms with van der Waals surface area (Å²) in [6, 6.07) is 6.91. The molecule has 4 heterocycles. The van der Waals surface area contributed by atoms with Gasteiger partial charge in [-0.1, -0.05) is 0 Å². The van der Waals surface area contributed by atoms with Gasteiger partial charge in [0.15, 0.2) is 0 Å². The Kier molecular flexibility index (Phi) is 9.17. The Morgan fingerprint density at radius 2 is 1.63 bits per heavy atom. The zero-order valence-corrected chi connectivity index (χ0v) is 22.1. The van der Waals surface area contributed by atoms with E-state index in [0.717, 1.165) is 83.2 Å². The van der Waals surface area contributed by atoms with Gasteiger partial charge in [0.25, 0.3) is 12.9 Å². The third kappa shape index (κ3) is 5.91. The standard InChI is InChI=1S/C26H34N4O2.2CH2O2/c1-19-15-24(27-23-17-21-4-2-3-20(21)16-22(19)23)30-8-6-26(18-30)5-7-29(25(26)31)10-9-28-11-13-32-14-12-28;2*2-1-3/h15-17H,2-14,18H2,1H3;2*1H,(H,2,3). The van der Waals surface area contributed by atoms with E-state index in [0.29, 0.717) is 5.91 Å².